The third-order valence-corrected chi connectivity index (χ3v) is 3.16. The van der Waals surface area contributed by atoms with Gasteiger partial charge in [0.15, 0.2) is 0 Å². The van der Waals surface area contributed by atoms with Gasteiger partial charge >= 0.3 is 7.12 Å². The molecule has 17 heavy (non-hydrogen) atoms. The van der Waals surface area contributed by atoms with E-state index < -0.39 is 0 Å². The third kappa shape index (κ3) is 2.64. The molecule has 4 heteroatoms. The number of hydrogen-bond acceptors (Lipinski definition) is 3. The minimum atomic E-state index is -0.291. The maximum absolute atomic E-state index is 5.90. The standard InChI is InChI=1S/C13H19BO3/c1-5-15-12-8-6-7-11(9-12)14-16-10(2)13(3,4)17-14/h6-10H,5H2,1-4H3. The summed E-state index contributed by atoms with van der Waals surface area (Å²) in [5.74, 6) is 0.856. The van der Waals surface area contributed by atoms with Crippen LogP contribution in [0.15, 0.2) is 24.3 Å². The zero-order chi connectivity index (χ0) is 12.5. The second-order valence-electron chi connectivity index (χ2n) is 4.84. The lowest BCUT2D eigenvalue weighted by Gasteiger charge is -2.21. The van der Waals surface area contributed by atoms with Crippen molar-refractivity contribution in [2.75, 3.05) is 6.61 Å². The van der Waals surface area contributed by atoms with Gasteiger partial charge in [-0.2, -0.15) is 0 Å². The molecule has 0 saturated carbocycles. The molecule has 1 aromatic rings. The quantitative estimate of drug-likeness (QED) is 0.748. The van der Waals surface area contributed by atoms with E-state index >= 15 is 0 Å². The number of hydrogen-bond donors (Lipinski definition) is 0. The van der Waals surface area contributed by atoms with Crippen LogP contribution in [-0.4, -0.2) is 25.4 Å². The summed E-state index contributed by atoms with van der Waals surface area (Å²) in [7, 11) is -0.291. The highest BCUT2D eigenvalue weighted by Gasteiger charge is 2.43. The van der Waals surface area contributed by atoms with E-state index in [1.807, 2.05) is 52.0 Å². The molecule has 0 radical (unpaired) electrons. The first kappa shape index (κ1) is 12.5. The maximum Gasteiger partial charge on any atom is 0.494 e. The molecule has 1 heterocycles. The summed E-state index contributed by atoms with van der Waals surface area (Å²) in [6, 6.07) is 7.88. The van der Waals surface area contributed by atoms with Gasteiger partial charge in [0.25, 0.3) is 0 Å². The van der Waals surface area contributed by atoms with Gasteiger partial charge in [-0.1, -0.05) is 12.1 Å². The summed E-state index contributed by atoms with van der Waals surface area (Å²) in [4.78, 5) is 0. The molecule has 1 unspecified atom stereocenters. The average molecular weight is 234 g/mol. The lowest BCUT2D eigenvalue weighted by molar-refractivity contribution is 0.0842. The predicted molar refractivity (Wildman–Crippen MR) is 68.7 cm³/mol. The van der Waals surface area contributed by atoms with E-state index in [0.717, 1.165) is 11.2 Å². The first-order valence-corrected chi connectivity index (χ1v) is 6.09. The Bertz CT molecular complexity index is 392. The molecule has 0 spiro atoms. The number of ether oxygens (including phenoxy) is 1. The fraction of sp³-hybridized carbons (Fsp3) is 0.538. The summed E-state index contributed by atoms with van der Waals surface area (Å²) in [5, 5.41) is 0. The van der Waals surface area contributed by atoms with Crippen LogP contribution in [0, 0.1) is 0 Å². The molecule has 1 saturated heterocycles. The highest BCUT2D eigenvalue weighted by Crippen LogP contribution is 2.27. The molecule has 1 aliphatic heterocycles. The summed E-state index contributed by atoms with van der Waals surface area (Å²) in [5.41, 5.74) is 0.764. The van der Waals surface area contributed by atoms with Gasteiger partial charge in [0.1, 0.15) is 5.75 Å². The molecule has 1 aliphatic rings. The van der Waals surface area contributed by atoms with Crippen LogP contribution >= 0.6 is 0 Å². The minimum absolute atomic E-state index is 0.0863. The molecule has 0 aliphatic carbocycles. The van der Waals surface area contributed by atoms with Crippen molar-refractivity contribution in [3.05, 3.63) is 24.3 Å². The molecule has 92 valence electrons. The van der Waals surface area contributed by atoms with Gasteiger partial charge in [-0.3, -0.25) is 0 Å². The van der Waals surface area contributed by atoms with Crippen LogP contribution < -0.4 is 10.2 Å². The Hall–Kier alpha value is -0.995. The molecule has 3 nitrogen and oxygen atoms in total. The zero-order valence-electron chi connectivity index (χ0n) is 10.9. The smallest absolute Gasteiger partial charge is 0.494 e. The van der Waals surface area contributed by atoms with E-state index in [9.17, 15) is 0 Å². The molecular weight excluding hydrogens is 215 g/mol. The molecule has 0 aromatic heterocycles. The Kier molecular flexibility index (Phi) is 3.45. The van der Waals surface area contributed by atoms with Crippen LogP contribution in [-0.2, 0) is 9.31 Å². The molecule has 2 rings (SSSR count). The van der Waals surface area contributed by atoms with E-state index in [4.69, 9.17) is 14.0 Å². The Morgan fingerprint density at radius 2 is 2.18 bits per heavy atom. The van der Waals surface area contributed by atoms with Crippen LogP contribution in [0.1, 0.15) is 27.7 Å². The Morgan fingerprint density at radius 3 is 2.76 bits per heavy atom. The van der Waals surface area contributed by atoms with Gasteiger partial charge in [0.05, 0.1) is 18.3 Å². The third-order valence-electron chi connectivity index (χ3n) is 3.16. The molecule has 0 amide bonds. The Balaban J connectivity index is 2.16. The van der Waals surface area contributed by atoms with Crippen molar-refractivity contribution in [1.82, 2.24) is 0 Å². The largest absolute Gasteiger partial charge is 0.494 e. The Morgan fingerprint density at radius 1 is 1.41 bits per heavy atom. The van der Waals surface area contributed by atoms with Crippen LogP contribution in [0.5, 0.6) is 5.75 Å². The molecule has 1 aromatic carbocycles. The Labute approximate surface area is 103 Å². The van der Waals surface area contributed by atoms with Crippen LogP contribution in [0.25, 0.3) is 0 Å². The highest BCUT2D eigenvalue weighted by atomic mass is 16.7. The zero-order valence-corrected chi connectivity index (χ0v) is 10.9. The van der Waals surface area contributed by atoms with Gasteiger partial charge in [-0.05, 0) is 45.3 Å². The second-order valence-corrected chi connectivity index (χ2v) is 4.84. The topological polar surface area (TPSA) is 27.7 Å². The van der Waals surface area contributed by atoms with Crippen molar-refractivity contribution >= 4 is 12.6 Å². The summed E-state index contributed by atoms with van der Waals surface area (Å²) in [6.45, 7) is 8.76. The van der Waals surface area contributed by atoms with E-state index in [0.29, 0.717) is 6.61 Å². The second kappa shape index (κ2) is 4.71. The first-order chi connectivity index (χ1) is 8.03. The predicted octanol–water partition coefficient (Wildman–Crippen LogP) is 1.99. The van der Waals surface area contributed by atoms with Crippen molar-refractivity contribution in [2.45, 2.75) is 39.4 Å². The number of rotatable bonds is 3. The van der Waals surface area contributed by atoms with Crippen molar-refractivity contribution in [2.24, 2.45) is 0 Å². The van der Waals surface area contributed by atoms with E-state index in [1.54, 1.807) is 0 Å². The lowest BCUT2D eigenvalue weighted by Crippen LogP contribution is -2.34. The van der Waals surface area contributed by atoms with Crippen LogP contribution in [0.4, 0.5) is 0 Å². The molecule has 1 fully saturated rings. The van der Waals surface area contributed by atoms with Gasteiger partial charge in [0, 0.05) is 0 Å². The molecule has 1 atom stereocenters. The highest BCUT2D eigenvalue weighted by molar-refractivity contribution is 6.62. The van der Waals surface area contributed by atoms with Gasteiger partial charge in [-0.15, -0.1) is 0 Å². The van der Waals surface area contributed by atoms with Crippen molar-refractivity contribution in [3.63, 3.8) is 0 Å². The van der Waals surface area contributed by atoms with Crippen molar-refractivity contribution in [3.8, 4) is 5.75 Å². The van der Waals surface area contributed by atoms with Crippen LogP contribution in [0.2, 0.25) is 0 Å². The fourth-order valence-electron chi connectivity index (χ4n) is 1.81. The average Bonchev–Trinajstić information content (AvgIpc) is 2.55. The SMILES string of the molecule is CCOc1cccc(B2OC(C)C(C)(C)O2)c1. The molecule has 0 N–H and O–H groups in total. The van der Waals surface area contributed by atoms with E-state index in [-0.39, 0.29) is 18.8 Å². The summed E-state index contributed by atoms with van der Waals surface area (Å²) in [6.07, 6.45) is 0.0863. The lowest BCUT2D eigenvalue weighted by atomic mass is 9.79. The normalized spacial score (nSPS) is 22.8. The van der Waals surface area contributed by atoms with Gasteiger partial charge in [0.2, 0.25) is 0 Å². The summed E-state index contributed by atoms with van der Waals surface area (Å²) >= 11 is 0. The van der Waals surface area contributed by atoms with E-state index in [1.165, 1.54) is 0 Å². The van der Waals surface area contributed by atoms with E-state index in [2.05, 4.69) is 0 Å². The van der Waals surface area contributed by atoms with Gasteiger partial charge < -0.3 is 14.0 Å². The van der Waals surface area contributed by atoms with Gasteiger partial charge in [-0.25, -0.2) is 0 Å². The van der Waals surface area contributed by atoms with Crippen LogP contribution in [0.3, 0.4) is 0 Å². The summed E-state index contributed by atoms with van der Waals surface area (Å²) < 4.78 is 17.2. The molecular formula is C13H19BO3. The molecule has 0 bridgehead atoms. The first-order valence-electron chi connectivity index (χ1n) is 6.09. The maximum atomic E-state index is 5.90. The fourth-order valence-corrected chi connectivity index (χ4v) is 1.81. The minimum Gasteiger partial charge on any atom is -0.494 e. The van der Waals surface area contributed by atoms with Crippen molar-refractivity contribution < 1.29 is 14.0 Å². The number of benzene rings is 1. The monoisotopic (exact) mass is 234 g/mol. The van der Waals surface area contributed by atoms with Crippen molar-refractivity contribution in [1.29, 1.82) is 0 Å².